The highest BCUT2D eigenvalue weighted by molar-refractivity contribution is 7.71. The number of benzene rings is 2. The molecule has 1 aromatic heterocycles. The maximum atomic E-state index is 12.5. The summed E-state index contributed by atoms with van der Waals surface area (Å²) in [6.07, 6.45) is 3.02. The first-order valence-corrected chi connectivity index (χ1v) is 9.40. The number of aromatic nitrogens is 2. The molecule has 0 unspecified atom stereocenters. The molecule has 0 fully saturated rings. The monoisotopic (exact) mass is 410 g/mol. The van der Waals surface area contributed by atoms with Crippen molar-refractivity contribution in [1.29, 1.82) is 0 Å². The lowest BCUT2D eigenvalue weighted by Gasteiger charge is -2.19. The van der Waals surface area contributed by atoms with Gasteiger partial charge in [0.15, 0.2) is 4.77 Å². The van der Waals surface area contributed by atoms with Gasteiger partial charge in [-0.1, -0.05) is 6.07 Å². The van der Waals surface area contributed by atoms with Crippen molar-refractivity contribution in [3.63, 3.8) is 0 Å². The maximum Gasteiger partial charge on any atom is 0.412 e. The van der Waals surface area contributed by atoms with Crippen molar-refractivity contribution in [3.05, 3.63) is 71.3 Å². The Balaban J connectivity index is 1.66. The van der Waals surface area contributed by atoms with Crippen LogP contribution >= 0.6 is 12.2 Å². The molecule has 0 saturated heterocycles. The standard InChI is InChI=1S/C21H22N4O3S/c1-21(2,3)28-20(27)24-15-9-7-14(8-10-15)18(26)23-16-5-4-6-17(13-16)25-12-11-22-19(25)29/h4-13H,1-3H3,(H,22,29)(H,23,26)(H,24,27). The van der Waals surface area contributed by atoms with Crippen LogP contribution in [-0.4, -0.2) is 27.2 Å². The third-order valence-electron chi connectivity index (χ3n) is 3.82. The number of imidazole rings is 1. The topological polar surface area (TPSA) is 88.1 Å². The van der Waals surface area contributed by atoms with Crippen LogP contribution in [0.4, 0.5) is 16.2 Å². The average Bonchev–Trinajstić information content (AvgIpc) is 3.07. The lowest BCUT2D eigenvalue weighted by atomic mass is 10.2. The molecule has 2 aromatic carbocycles. The van der Waals surface area contributed by atoms with E-state index in [1.165, 1.54) is 0 Å². The third-order valence-corrected chi connectivity index (χ3v) is 4.14. The van der Waals surface area contributed by atoms with Crippen LogP contribution in [0.5, 0.6) is 0 Å². The second-order valence-corrected chi connectivity index (χ2v) is 7.73. The molecule has 0 saturated carbocycles. The summed E-state index contributed by atoms with van der Waals surface area (Å²) in [6, 6.07) is 13.9. The second-order valence-electron chi connectivity index (χ2n) is 7.34. The van der Waals surface area contributed by atoms with E-state index in [4.69, 9.17) is 17.0 Å². The van der Waals surface area contributed by atoms with Gasteiger partial charge in [0.05, 0.1) is 0 Å². The van der Waals surface area contributed by atoms with Crippen molar-refractivity contribution < 1.29 is 14.3 Å². The van der Waals surface area contributed by atoms with Crippen molar-refractivity contribution in [3.8, 4) is 5.69 Å². The Morgan fingerprint density at radius 1 is 1.03 bits per heavy atom. The third kappa shape index (κ3) is 5.55. The van der Waals surface area contributed by atoms with Crippen molar-refractivity contribution in [2.75, 3.05) is 10.6 Å². The summed E-state index contributed by atoms with van der Waals surface area (Å²) in [6.45, 7) is 5.37. The molecule has 3 rings (SSSR count). The first-order valence-electron chi connectivity index (χ1n) is 8.99. The van der Waals surface area contributed by atoms with Gasteiger partial charge in [-0.15, -0.1) is 0 Å². The van der Waals surface area contributed by atoms with Gasteiger partial charge in [0, 0.05) is 35.0 Å². The predicted molar refractivity (Wildman–Crippen MR) is 115 cm³/mol. The molecule has 150 valence electrons. The number of aromatic amines is 1. The van der Waals surface area contributed by atoms with Crippen LogP contribution in [0.1, 0.15) is 31.1 Å². The minimum atomic E-state index is -0.580. The smallest absolute Gasteiger partial charge is 0.412 e. The molecule has 3 aromatic rings. The van der Waals surface area contributed by atoms with Crippen LogP contribution in [0.15, 0.2) is 60.9 Å². The highest BCUT2D eigenvalue weighted by Gasteiger charge is 2.16. The number of hydrogen-bond donors (Lipinski definition) is 3. The molecule has 2 amide bonds. The predicted octanol–water partition coefficient (Wildman–Crippen LogP) is 5.13. The number of hydrogen-bond acceptors (Lipinski definition) is 4. The Kier molecular flexibility index (Phi) is 5.84. The zero-order valence-corrected chi connectivity index (χ0v) is 17.2. The zero-order chi connectivity index (χ0) is 21.0. The van der Waals surface area contributed by atoms with Gasteiger partial charge in [-0.3, -0.25) is 14.7 Å². The van der Waals surface area contributed by atoms with Gasteiger partial charge in [-0.2, -0.15) is 0 Å². The number of carbonyl (C=O) groups is 2. The molecule has 29 heavy (non-hydrogen) atoms. The fourth-order valence-electron chi connectivity index (χ4n) is 2.59. The fraction of sp³-hybridized carbons (Fsp3) is 0.190. The molecule has 0 radical (unpaired) electrons. The highest BCUT2D eigenvalue weighted by Crippen LogP contribution is 2.17. The number of nitrogens with one attached hydrogen (secondary N) is 3. The number of H-pyrrole nitrogens is 1. The van der Waals surface area contributed by atoms with Crippen molar-refractivity contribution in [2.45, 2.75) is 26.4 Å². The van der Waals surface area contributed by atoms with E-state index in [-0.39, 0.29) is 5.91 Å². The maximum absolute atomic E-state index is 12.5. The van der Waals surface area contributed by atoms with Crippen LogP contribution < -0.4 is 10.6 Å². The quantitative estimate of drug-likeness (QED) is 0.520. The summed E-state index contributed by atoms with van der Waals surface area (Å²) >= 11 is 5.23. The first-order chi connectivity index (χ1) is 13.7. The summed E-state index contributed by atoms with van der Waals surface area (Å²) in [5.41, 5.74) is 1.91. The number of ether oxygens (including phenoxy) is 1. The molecule has 0 aliphatic carbocycles. The van der Waals surface area contributed by atoms with E-state index in [2.05, 4.69) is 15.6 Å². The Morgan fingerprint density at radius 2 is 1.76 bits per heavy atom. The van der Waals surface area contributed by atoms with E-state index >= 15 is 0 Å². The number of rotatable bonds is 4. The van der Waals surface area contributed by atoms with Crippen LogP contribution in [0, 0.1) is 4.77 Å². The zero-order valence-electron chi connectivity index (χ0n) is 16.4. The van der Waals surface area contributed by atoms with Crippen molar-refractivity contribution >= 4 is 35.6 Å². The summed E-state index contributed by atoms with van der Waals surface area (Å²) in [5.74, 6) is -0.261. The fourth-order valence-corrected chi connectivity index (χ4v) is 2.82. The van der Waals surface area contributed by atoms with E-state index in [9.17, 15) is 9.59 Å². The summed E-state index contributed by atoms with van der Waals surface area (Å²) in [5, 5.41) is 5.50. The SMILES string of the molecule is CC(C)(C)OC(=O)Nc1ccc(C(=O)Nc2cccc(-n3cc[nH]c3=S)c2)cc1. The molecule has 8 heteroatoms. The molecule has 3 N–H and O–H groups in total. The van der Waals surface area contributed by atoms with Gasteiger partial charge in [0.25, 0.3) is 5.91 Å². The van der Waals surface area contributed by atoms with Crippen LogP contribution in [-0.2, 0) is 4.74 Å². The summed E-state index contributed by atoms with van der Waals surface area (Å²) < 4.78 is 7.59. The van der Waals surface area contributed by atoms with Gasteiger partial charge in [-0.25, -0.2) is 4.79 Å². The normalized spacial score (nSPS) is 11.0. The Morgan fingerprint density at radius 3 is 2.38 bits per heavy atom. The molecule has 7 nitrogen and oxygen atoms in total. The average molecular weight is 410 g/mol. The first kappa shape index (κ1) is 20.3. The van der Waals surface area contributed by atoms with E-state index in [1.807, 2.05) is 29.0 Å². The minimum absolute atomic E-state index is 0.261. The minimum Gasteiger partial charge on any atom is -0.444 e. The Labute approximate surface area is 173 Å². The van der Waals surface area contributed by atoms with Gasteiger partial charge in [0.1, 0.15) is 5.60 Å². The lowest BCUT2D eigenvalue weighted by Crippen LogP contribution is -2.27. The van der Waals surface area contributed by atoms with Gasteiger partial charge >= 0.3 is 6.09 Å². The molecular formula is C21H22N4O3S. The van der Waals surface area contributed by atoms with Crippen molar-refractivity contribution in [2.24, 2.45) is 0 Å². The van der Waals surface area contributed by atoms with Crippen LogP contribution in [0.2, 0.25) is 0 Å². The number of anilines is 2. The van der Waals surface area contributed by atoms with E-state index < -0.39 is 11.7 Å². The Hall–Kier alpha value is -3.39. The largest absolute Gasteiger partial charge is 0.444 e. The van der Waals surface area contributed by atoms with E-state index in [0.717, 1.165) is 5.69 Å². The van der Waals surface area contributed by atoms with Crippen LogP contribution in [0.25, 0.3) is 5.69 Å². The van der Waals surface area contributed by atoms with Gasteiger partial charge in [0.2, 0.25) is 0 Å². The lowest BCUT2D eigenvalue weighted by molar-refractivity contribution is 0.0636. The molecule has 0 bridgehead atoms. The molecule has 0 atom stereocenters. The summed E-state index contributed by atoms with van der Waals surface area (Å²) in [4.78, 5) is 27.3. The number of amides is 2. The molecular weight excluding hydrogens is 388 g/mol. The number of nitrogens with zero attached hydrogens (tertiary/aromatic N) is 1. The van der Waals surface area contributed by atoms with Crippen molar-refractivity contribution in [1.82, 2.24) is 9.55 Å². The number of carbonyl (C=O) groups excluding carboxylic acids is 2. The molecule has 0 spiro atoms. The highest BCUT2D eigenvalue weighted by atomic mass is 32.1. The van der Waals surface area contributed by atoms with E-state index in [1.54, 1.807) is 57.3 Å². The van der Waals surface area contributed by atoms with Crippen LogP contribution in [0.3, 0.4) is 0 Å². The van der Waals surface area contributed by atoms with E-state index in [0.29, 0.717) is 21.7 Å². The molecule has 0 aliphatic rings. The van der Waals surface area contributed by atoms with Gasteiger partial charge in [-0.05, 0) is 75.5 Å². The molecule has 0 aliphatic heterocycles. The molecule has 1 heterocycles. The van der Waals surface area contributed by atoms with Gasteiger partial charge < -0.3 is 15.0 Å². The Bertz CT molecular complexity index is 1080. The summed E-state index contributed by atoms with van der Waals surface area (Å²) in [7, 11) is 0. The second kappa shape index (κ2) is 8.32.